The van der Waals surface area contributed by atoms with E-state index in [9.17, 15) is 14.4 Å². The van der Waals surface area contributed by atoms with Gasteiger partial charge in [0.05, 0.1) is 18.8 Å². The molecule has 0 spiro atoms. The van der Waals surface area contributed by atoms with Crippen molar-refractivity contribution in [1.82, 2.24) is 5.32 Å². The molecular weight excluding hydrogens is 390 g/mol. The Kier molecular flexibility index (Phi) is 8.49. The number of benzene rings is 2. The van der Waals surface area contributed by atoms with Crippen molar-refractivity contribution in [2.75, 3.05) is 25.1 Å². The smallest absolute Gasteiger partial charge is 0.338 e. The summed E-state index contributed by atoms with van der Waals surface area (Å²) in [6.45, 7) is 4.46. The fourth-order valence-corrected chi connectivity index (χ4v) is 2.49. The molecule has 2 aromatic rings. The van der Waals surface area contributed by atoms with Gasteiger partial charge in [-0.1, -0.05) is 12.1 Å². The van der Waals surface area contributed by atoms with Crippen LogP contribution < -0.4 is 25.8 Å². The minimum absolute atomic E-state index is 0.249. The minimum Gasteiger partial charge on any atom is -0.490 e. The van der Waals surface area contributed by atoms with Crippen LogP contribution in [0.4, 0.5) is 10.5 Å². The van der Waals surface area contributed by atoms with Gasteiger partial charge >= 0.3 is 12.0 Å². The number of rotatable bonds is 10. The van der Waals surface area contributed by atoms with Gasteiger partial charge in [0, 0.05) is 18.3 Å². The fraction of sp³-hybridized carbons (Fsp3) is 0.286. The number of carbonyl (C=O) groups excluding carboxylic acids is 3. The number of amides is 3. The van der Waals surface area contributed by atoms with Crippen molar-refractivity contribution in [1.29, 1.82) is 0 Å². The number of primary amides is 1. The summed E-state index contributed by atoms with van der Waals surface area (Å²) in [7, 11) is 0. The molecule has 0 radical (unpaired) electrons. The van der Waals surface area contributed by atoms with E-state index in [2.05, 4.69) is 10.6 Å². The Bertz CT molecular complexity index is 883. The van der Waals surface area contributed by atoms with E-state index < -0.39 is 24.5 Å². The SMILES string of the molecule is CCOc1ccc(NC(=O)COC(=O)c2ccc(CNC(N)=O)cc2)cc1OCC. The quantitative estimate of drug-likeness (QED) is 0.511. The normalized spacial score (nSPS) is 10.1. The third-order valence-electron chi connectivity index (χ3n) is 3.82. The summed E-state index contributed by atoms with van der Waals surface area (Å²) in [4.78, 5) is 34.9. The lowest BCUT2D eigenvalue weighted by atomic mass is 10.1. The van der Waals surface area contributed by atoms with Crippen LogP contribution >= 0.6 is 0 Å². The summed E-state index contributed by atoms with van der Waals surface area (Å²) in [5.41, 5.74) is 6.56. The zero-order valence-corrected chi connectivity index (χ0v) is 16.9. The highest BCUT2D eigenvalue weighted by Crippen LogP contribution is 2.30. The lowest BCUT2D eigenvalue weighted by Gasteiger charge is -2.13. The van der Waals surface area contributed by atoms with Gasteiger partial charge in [-0.2, -0.15) is 0 Å². The van der Waals surface area contributed by atoms with Gasteiger partial charge in [-0.3, -0.25) is 4.79 Å². The first-order chi connectivity index (χ1) is 14.4. The molecule has 9 heteroatoms. The predicted molar refractivity (Wildman–Crippen MR) is 111 cm³/mol. The maximum atomic E-state index is 12.1. The van der Waals surface area contributed by atoms with Crippen LogP contribution in [0.3, 0.4) is 0 Å². The summed E-state index contributed by atoms with van der Waals surface area (Å²) in [6, 6.07) is 10.8. The molecule has 0 fully saturated rings. The van der Waals surface area contributed by atoms with Crippen LogP contribution in [-0.2, 0) is 16.1 Å². The highest BCUT2D eigenvalue weighted by atomic mass is 16.5. The number of nitrogens with two attached hydrogens (primary N) is 1. The number of esters is 1. The van der Waals surface area contributed by atoms with Gasteiger partial charge in [0.2, 0.25) is 0 Å². The lowest BCUT2D eigenvalue weighted by Crippen LogP contribution is -2.28. The molecule has 2 aromatic carbocycles. The van der Waals surface area contributed by atoms with Crippen molar-refractivity contribution in [3.05, 3.63) is 53.6 Å². The van der Waals surface area contributed by atoms with Crippen LogP contribution in [0.5, 0.6) is 11.5 Å². The number of nitrogens with one attached hydrogen (secondary N) is 2. The van der Waals surface area contributed by atoms with Gasteiger partial charge in [0.15, 0.2) is 18.1 Å². The van der Waals surface area contributed by atoms with Gasteiger partial charge in [-0.15, -0.1) is 0 Å². The van der Waals surface area contributed by atoms with E-state index in [0.29, 0.717) is 30.4 Å². The molecular formula is C21H25N3O6. The molecule has 0 bridgehead atoms. The Labute approximate surface area is 174 Å². The second-order valence-corrected chi connectivity index (χ2v) is 6.07. The first-order valence-corrected chi connectivity index (χ1v) is 9.41. The zero-order valence-electron chi connectivity index (χ0n) is 16.9. The first-order valence-electron chi connectivity index (χ1n) is 9.41. The lowest BCUT2D eigenvalue weighted by molar-refractivity contribution is -0.119. The summed E-state index contributed by atoms with van der Waals surface area (Å²) < 4.78 is 16.0. The monoisotopic (exact) mass is 415 g/mol. The highest BCUT2D eigenvalue weighted by Gasteiger charge is 2.12. The van der Waals surface area contributed by atoms with Crippen LogP contribution in [0.2, 0.25) is 0 Å². The first kappa shape index (κ1) is 22.5. The van der Waals surface area contributed by atoms with E-state index in [1.165, 1.54) is 0 Å². The van der Waals surface area contributed by atoms with Crippen molar-refractivity contribution in [2.24, 2.45) is 5.73 Å². The predicted octanol–water partition coefficient (Wildman–Crippen LogP) is 2.45. The molecule has 0 aliphatic heterocycles. The molecule has 0 atom stereocenters. The Morgan fingerprint density at radius 3 is 2.23 bits per heavy atom. The second-order valence-electron chi connectivity index (χ2n) is 6.07. The molecule has 0 heterocycles. The molecule has 0 aliphatic carbocycles. The van der Waals surface area contributed by atoms with E-state index in [1.54, 1.807) is 42.5 Å². The van der Waals surface area contributed by atoms with Gasteiger partial charge in [-0.25, -0.2) is 9.59 Å². The molecule has 160 valence electrons. The van der Waals surface area contributed by atoms with Gasteiger partial charge in [0.1, 0.15) is 0 Å². The van der Waals surface area contributed by atoms with E-state index in [1.807, 2.05) is 13.8 Å². The number of urea groups is 1. The molecule has 0 unspecified atom stereocenters. The number of hydrogen-bond donors (Lipinski definition) is 3. The van der Waals surface area contributed by atoms with Crippen LogP contribution in [-0.4, -0.2) is 37.7 Å². The van der Waals surface area contributed by atoms with Crippen molar-refractivity contribution in [2.45, 2.75) is 20.4 Å². The molecule has 4 N–H and O–H groups in total. The van der Waals surface area contributed by atoms with E-state index in [0.717, 1.165) is 5.56 Å². The summed E-state index contributed by atoms with van der Waals surface area (Å²) in [5, 5.41) is 5.10. The van der Waals surface area contributed by atoms with Crippen LogP contribution in [0.25, 0.3) is 0 Å². The van der Waals surface area contributed by atoms with Crippen LogP contribution in [0.15, 0.2) is 42.5 Å². The molecule has 3 amide bonds. The fourth-order valence-electron chi connectivity index (χ4n) is 2.49. The molecule has 0 aliphatic rings. The molecule has 0 aromatic heterocycles. The third-order valence-corrected chi connectivity index (χ3v) is 3.82. The molecule has 2 rings (SSSR count). The molecule has 30 heavy (non-hydrogen) atoms. The Balaban J connectivity index is 1.88. The Hall–Kier alpha value is -3.75. The van der Waals surface area contributed by atoms with Gasteiger partial charge in [0.25, 0.3) is 5.91 Å². The number of hydrogen-bond acceptors (Lipinski definition) is 6. The Morgan fingerprint density at radius 2 is 1.60 bits per heavy atom. The van der Waals surface area contributed by atoms with Crippen molar-refractivity contribution in [3.63, 3.8) is 0 Å². The second kappa shape index (κ2) is 11.3. The maximum Gasteiger partial charge on any atom is 0.338 e. The van der Waals surface area contributed by atoms with E-state index >= 15 is 0 Å². The largest absolute Gasteiger partial charge is 0.490 e. The van der Waals surface area contributed by atoms with Crippen LogP contribution in [0.1, 0.15) is 29.8 Å². The average molecular weight is 415 g/mol. The maximum absolute atomic E-state index is 12.1. The van der Waals surface area contributed by atoms with Crippen molar-refractivity contribution < 1.29 is 28.6 Å². The number of ether oxygens (including phenoxy) is 3. The Morgan fingerprint density at radius 1 is 0.933 bits per heavy atom. The average Bonchev–Trinajstić information content (AvgIpc) is 2.73. The summed E-state index contributed by atoms with van der Waals surface area (Å²) >= 11 is 0. The molecule has 0 saturated carbocycles. The molecule has 9 nitrogen and oxygen atoms in total. The summed E-state index contributed by atoms with van der Waals surface area (Å²) in [6.07, 6.45) is 0. The third kappa shape index (κ3) is 7.01. The van der Waals surface area contributed by atoms with Gasteiger partial charge < -0.3 is 30.6 Å². The number of anilines is 1. The minimum atomic E-state index is -0.638. The van der Waals surface area contributed by atoms with Crippen molar-refractivity contribution >= 4 is 23.6 Å². The van der Waals surface area contributed by atoms with E-state index in [4.69, 9.17) is 19.9 Å². The molecule has 0 saturated heterocycles. The topological polar surface area (TPSA) is 129 Å². The van der Waals surface area contributed by atoms with Gasteiger partial charge in [-0.05, 0) is 43.7 Å². The van der Waals surface area contributed by atoms with Crippen molar-refractivity contribution in [3.8, 4) is 11.5 Å². The van der Waals surface area contributed by atoms with Crippen LogP contribution in [0, 0.1) is 0 Å². The summed E-state index contributed by atoms with van der Waals surface area (Å²) in [5.74, 6) is -0.0307. The standard InChI is InChI=1S/C21H25N3O6/c1-3-28-17-10-9-16(11-18(17)29-4-2)24-19(25)13-30-20(26)15-7-5-14(6-8-15)12-23-21(22)27/h5-11H,3-4,12-13H2,1-2H3,(H,24,25)(H3,22,23,27). The number of carbonyl (C=O) groups is 3. The van der Waals surface area contributed by atoms with E-state index in [-0.39, 0.29) is 12.1 Å². The zero-order chi connectivity index (χ0) is 21.9. The highest BCUT2D eigenvalue weighted by molar-refractivity contribution is 5.95.